The Morgan fingerprint density at radius 1 is 1.23 bits per heavy atom. The van der Waals surface area contributed by atoms with E-state index in [1.165, 1.54) is 81.0 Å². The topological polar surface area (TPSA) is 43.8 Å². The monoisotopic (exact) mass is 563 g/mol. The molecule has 1 aliphatic carbocycles. The Balaban J connectivity index is 0.00000256. The molecule has 4 rings (SSSR count). The molecule has 1 aromatic heterocycles. The lowest BCUT2D eigenvalue weighted by Gasteiger charge is -2.45. The third-order valence-electron chi connectivity index (χ3n) is 6.83. The fourth-order valence-electron chi connectivity index (χ4n) is 5.15. The lowest BCUT2D eigenvalue weighted by atomic mass is 9.87. The molecule has 8 heteroatoms. The average Bonchev–Trinajstić information content (AvgIpc) is 3.15. The van der Waals surface area contributed by atoms with E-state index in [1.54, 1.807) is 11.3 Å². The smallest absolute Gasteiger partial charge is 0.193 e. The van der Waals surface area contributed by atoms with Crippen molar-refractivity contribution >= 4 is 53.0 Å². The summed E-state index contributed by atoms with van der Waals surface area (Å²) in [4.78, 5) is 14.4. The highest BCUT2D eigenvalue weighted by atomic mass is 127. The summed E-state index contributed by atoms with van der Waals surface area (Å²) >= 11 is 3.99. The van der Waals surface area contributed by atoms with Crippen molar-refractivity contribution in [3.05, 3.63) is 16.1 Å². The molecule has 0 atom stereocenters. The highest BCUT2D eigenvalue weighted by Crippen LogP contribution is 2.42. The number of piperidine rings is 1. The van der Waals surface area contributed by atoms with Crippen molar-refractivity contribution in [2.24, 2.45) is 10.9 Å². The second-order valence-corrected chi connectivity index (χ2v) is 11.6. The van der Waals surface area contributed by atoms with E-state index in [9.17, 15) is 0 Å². The van der Waals surface area contributed by atoms with Gasteiger partial charge in [-0.1, -0.05) is 19.3 Å². The molecule has 5 nitrogen and oxygen atoms in total. The molecule has 1 spiro atoms. The minimum atomic E-state index is 0. The second-order valence-electron chi connectivity index (χ2n) is 9.02. The van der Waals surface area contributed by atoms with Crippen LogP contribution in [0.2, 0.25) is 0 Å². The Bertz CT molecular complexity index is 675. The number of aryl methyl sites for hydroxylation is 1. The molecule has 2 aliphatic heterocycles. The van der Waals surface area contributed by atoms with Crippen molar-refractivity contribution in [1.82, 2.24) is 20.1 Å². The number of thioether (sulfide) groups is 1. The van der Waals surface area contributed by atoms with Crippen molar-refractivity contribution in [3.63, 3.8) is 0 Å². The molecule has 30 heavy (non-hydrogen) atoms. The number of nitrogens with one attached hydrogen (secondary N) is 1. The molecule has 0 aromatic carbocycles. The minimum Gasteiger partial charge on any atom is -0.356 e. The summed E-state index contributed by atoms with van der Waals surface area (Å²) < 4.78 is 0.494. The maximum absolute atomic E-state index is 4.65. The predicted octanol–water partition coefficient (Wildman–Crippen LogP) is 4.61. The van der Waals surface area contributed by atoms with Gasteiger partial charge in [0.05, 0.1) is 10.7 Å². The SMILES string of the molecule is CN=C(NCC1CCN(Cc2csc(C)n2)CC1)N1CCSC2(CCCCC2)C1.I. The number of halogens is 1. The zero-order chi connectivity index (χ0) is 20.1. The van der Waals surface area contributed by atoms with Gasteiger partial charge in [0.1, 0.15) is 0 Å². The lowest BCUT2D eigenvalue weighted by molar-refractivity contribution is 0.176. The zero-order valence-corrected chi connectivity index (χ0v) is 22.5. The standard InChI is InChI=1S/C22H37N5S2.HI/c1-18-25-20(16-28-18)15-26-10-6-19(7-11-26)14-24-21(23-2)27-12-13-29-22(17-27)8-4-3-5-9-22;/h16,19H,3-15,17H2,1-2H3,(H,23,24);1H. The number of aliphatic imine (C=N–C) groups is 1. The van der Waals surface area contributed by atoms with Gasteiger partial charge in [0.25, 0.3) is 0 Å². The highest BCUT2D eigenvalue weighted by Gasteiger charge is 2.38. The number of hydrogen-bond donors (Lipinski definition) is 1. The lowest BCUT2D eigenvalue weighted by Crippen LogP contribution is -2.54. The van der Waals surface area contributed by atoms with E-state index in [0.717, 1.165) is 31.5 Å². The molecule has 0 amide bonds. The van der Waals surface area contributed by atoms with Crippen LogP contribution in [-0.2, 0) is 6.54 Å². The van der Waals surface area contributed by atoms with Crippen LogP contribution in [0.5, 0.6) is 0 Å². The summed E-state index contributed by atoms with van der Waals surface area (Å²) in [5, 5.41) is 7.12. The van der Waals surface area contributed by atoms with Crippen molar-refractivity contribution in [2.75, 3.05) is 45.5 Å². The van der Waals surface area contributed by atoms with E-state index in [1.807, 2.05) is 7.05 Å². The maximum atomic E-state index is 4.65. The average molecular weight is 564 g/mol. The largest absolute Gasteiger partial charge is 0.356 e. The van der Waals surface area contributed by atoms with Crippen LogP contribution in [0, 0.1) is 12.8 Å². The molecule has 1 saturated carbocycles. The summed E-state index contributed by atoms with van der Waals surface area (Å²) in [5.74, 6) is 3.13. The number of guanidine groups is 1. The number of aromatic nitrogens is 1. The first-order valence-corrected chi connectivity index (χ1v) is 13.3. The molecule has 3 heterocycles. The Morgan fingerprint density at radius 3 is 2.67 bits per heavy atom. The van der Waals surface area contributed by atoms with Crippen LogP contribution in [0.15, 0.2) is 10.4 Å². The van der Waals surface area contributed by atoms with Gasteiger partial charge in [0, 0.05) is 49.1 Å². The molecular formula is C22H38IN5S2. The van der Waals surface area contributed by atoms with Gasteiger partial charge in [-0.25, -0.2) is 4.98 Å². The number of likely N-dealkylation sites (tertiary alicyclic amines) is 1. The fourth-order valence-corrected chi connectivity index (χ4v) is 7.32. The molecule has 0 unspecified atom stereocenters. The van der Waals surface area contributed by atoms with Gasteiger partial charge < -0.3 is 10.2 Å². The first-order valence-electron chi connectivity index (χ1n) is 11.4. The van der Waals surface area contributed by atoms with E-state index in [0.29, 0.717) is 4.75 Å². The van der Waals surface area contributed by atoms with Gasteiger partial charge >= 0.3 is 0 Å². The number of nitrogens with zero attached hydrogens (tertiary/aromatic N) is 4. The Kier molecular flexibility index (Phi) is 9.59. The van der Waals surface area contributed by atoms with E-state index in [4.69, 9.17) is 0 Å². The van der Waals surface area contributed by atoms with Gasteiger partial charge in [-0.3, -0.25) is 9.89 Å². The summed E-state index contributed by atoms with van der Waals surface area (Å²) in [7, 11) is 1.95. The Morgan fingerprint density at radius 2 is 2.00 bits per heavy atom. The van der Waals surface area contributed by atoms with Crippen molar-refractivity contribution < 1.29 is 0 Å². The summed E-state index contributed by atoms with van der Waals surface area (Å²) in [6.07, 6.45) is 9.57. The first-order chi connectivity index (χ1) is 14.2. The van der Waals surface area contributed by atoms with Gasteiger partial charge in [0.2, 0.25) is 0 Å². The van der Waals surface area contributed by atoms with Crippen LogP contribution in [0.4, 0.5) is 0 Å². The van der Waals surface area contributed by atoms with E-state index < -0.39 is 0 Å². The molecule has 0 radical (unpaired) electrons. The number of hydrogen-bond acceptors (Lipinski definition) is 5. The zero-order valence-electron chi connectivity index (χ0n) is 18.6. The predicted molar refractivity (Wildman–Crippen MR) is 141 cm³/mol. The van der Waals surface area contributed by atoms with Gasteiger partial charge in [-0.2, -0.15) is 11.8 Å². The van der Waals surface area contributed by atoms with Crippen LogP contribution in [0.1, 0.15) is 55.6 Å². The van der Waals surface area contributed by atoms with Crippen molar-refractivity contribution in [1.29, 1.82) is 0 Å². The normalized spacial score (nSPS) is 23.4. The summed E-state index contributed by atoms with van der Waals surface area (Å²) in [6, 6.07) is 0. The Labute approximate surface area is 207 Å². The van der Waals surface area contributed by atoms with E-state index in [-0.39, 0.29) is 24.0 Å². The summed E-state index contributed by atoms with van der Waals surface area (Å²) in [5.41, 5.74) is 1.24. The van der Waals surface area contributed by atoms with E-state index >= 15 is 0 Å². The van der Waals surface area contributed by atoms with Gasteiger partial charge in [-0.05, 0) is 51.6 Å². The second kappa shape index (κ2) is 11.7. The number of rotatable bonds is 4. The third kappa shape index (κ3) is 6.48. The molecule has 1 N–H and O–H groups in total. The quantitative estimate of drug-likeness (QED) is 0.330. The fraction of sp³-hybridized carbons (Fsp3) is 0.818. The van der Waals surface area contributed by atoms with Crippen LogP contribution in [0.25, 0.3) is 0 Å². The molecule has 170 valence electrons. The maximum Gasteiger partial charge on any atom is 0.193 e. The first kappa shape index (κ1) is 24.6. The molecule has 3 aliphatic rings. The molecule has 3 fully saturated rings. The van der Waals surface area contributed by atoms with Crippen LogP contribution in [-0.4, -0.2) is 71.0 Å². The Hall–Kier alpha value is -0.0600. The molecular weight excluding hydrogens is 525 g/mol. The molecule has 2 saturated heterocycles. The van der Waals surface area contributed by atoms with Crippen LogP contribution < -0.4 is 5.32 Å². The van der Waals surface area contributed by atoms with Crippen LogP contribution in [0.3, 0.4) is 0 Å². The van der Waals surface area contributed by atoms with Crippen molar-refractivity contribution in [2.45, 2.75) is 63.2 Å². The van der Waals surface area contributed by atoms with Crippen molar-refractivity contribution in [3.8, 4) is 0 Å². The third-order valence-corrected chi connectivity index (χ3v) is 9.19. The highest BCUT2D eigenvalue weighted by molar-refractivity contribution is 14.0. The van der Waals surface area contributed by atoms with E-state index in [2.05, 4.69) is 49.2 Å². The van der Waals surface area contributed by atoms with Gasteiger partial charge in [0.15, 0.2) is 5.96 Å². The van der Waals surface area contributed by atoms with Gasteiger partial charge in [-0.15, -0.1) is 35.3 Å². The number of thiazole rings is 1. The molecule has 1 aromatic rings. The minimum absolute atomic E-state index is 0. The summed E-state index contributed by atoms with van der Waals surface area (Å²) in [6.45, 7) is 8.86. The molecule has 0 bridgehead atoms. The van der Waals surface area contributed by atoms with Crippen LogP contribution >= 0.6 is 47.1 Å².